The van der Waals surface area contributed by atoms with Crippen molar-refractivity contribution >= 4 is 17.3 Å². The lowest BCUT2D eigenvalue weighted by molar-refractivity contribution is 0.122. The number of aromatic amines is 1. The van der Waals surface area contributed by atoms with E-state index in [9.17, 15) is 0 Å². The molecular weight excluding hydrogens is 304 g/mol. The molecule has 0 aliphatic carbocycles. The molecule has 1 aliphatic rings. The van der Waals surface area contributed by atoms with Gasteiger partial charge in [-0.25, -0.2) is 9.97 Å². The second-order valence-electron chi connectivity index (χ2n) is 5.53. The molecule has 0 unspecified atom stereocenters. The predicted molar refractivity (Wildman–Crippen MR) is 92.4 cm³/mol. The third-order valence-corrected chi connectivity index (χ3v) is 3.96. The summed E-state index contributed by atoms with van der Waals surface area (Å²) < 4.78 is 5.38. The van der Waals surface area contributed by atoms with Crippen LogP contribution in [0.1, 0.15) is 0 Å². The molecule has 3 aromatic rings. The minimum absolute atomic E-state index is 0.738. The molecule has 0 bridgehead atoms. The van der Waals surface area contributed by atoms with Gasteiger partial charge in [-0.1, -0.05) is 12.1 Å². The number of anilines is 3. The fraction of sp³-hybridized carbons (Fsp3) is 0.235. The van der Waals surface area contributed by atoms with Gasteiger partial charge < -0.3 is 15.0 Å². The molecule has 3 heterocycles. The van der Waals surface area contributed by atoms with Gasteiger partial charge in [-0.05, 0) is 23.8 Å². The Balaban J connectivity index is 1.48. The Labute approximate surface area is 139 Å². The fourth-order valence-corrected chi connectivity index (χ4v) is 2.68. The molecule has 1 saturated heterocycles. The van der Waals surface area contributed by atoms with E-state index in [1.807, 2.05) is 36.4 Å². The topological polar surface area (TPSA) is 79.0 Å². The summed E-state index contributed by atoms with van der Waals surface area (Å²) in [5.41, 5.74) is 3.07. The van der Waals surface area contributed by atoms with Crippen LogP contribution < -0.4 is 10.2 Å². The van der Waals surface area contributed by atoms with Crippen molar-refractivity contribution in [2.75, 3.05) is 36.5 Å². The van der Waals surface area contributed by atoms with Crippen LogP contribution in [-0.2, 0) is 4.74 Å². The Morgan fingerprint density at radius 3 is 2.62 bits per heavy atom. The molecule has 0 saturated carbocycles. The molecule has 0 radical (unpaired) electrons. The maximum absolute atomic E-state index is 5.38. The number of hydrogen-bond donors (Lipinski definition) is 2. The molecule has 7 heteroatoms. The molecule has 4 rings (SSSR count). The zero-order valence-electron chi connectivity index (χ0n) is 13.1. The molecule has 0 atom stereocenters. The van der Waals surface area contributed by atoms with Crippen molar-refractivity contribution in [1.82, 2.24) is 20.2 Å². The van der Waals surface area contributed by atoms with Crippen LogP contribution in [0.4, 0.5) is 17.3 Å². The third-order valence-electron chi connectivity index (χ3n) is 3.96. The van der Waals surface area contributed by atoms with E-state index in [1.165, 1.54) is 0 Å². The summed E-state index contributed by atoms with van der Waals surface area (Å²) in [5, 5.41) is 10.3. The Kier molecular flexibility index (Phi) is 4.07. The average molecular weight is 322 g/mol. The molecule has 24 heavy (non-hydrogen) atoms. The van der Waals surface area contributed by atoms with Crippen LogP contribution in [0.25, 0.3) is 11.3 Å². The van der Waals surface area contributed by atoms with E-state index < -0.39 is 0 Å². The van der Waals surface area contributed by atoms with Gasteiger partial charge in [0.1, 0.15) is 18.0 Å². The first kappa shape index (κ1) is 14.6. The molecule has 7 nitrogen and oxygen atoms in total. The molecule has 1 fully saturated rings. The molecule has 0 amide bonds. The van der Waals surface area contributed by atoms with Gasteiger partial charge in [-0.3, -0.25) is 5.10 Å². The number of nitrogens with zero attached hydrogens (tertiary/aromatic N) is 4. The Bertz CT molecular complexity index is 781. The standard InChI is InChI=1S/C17H18N6O/c1-3-14(4-2-13(1)15-5-6-20-22-15)21-16-11-17(19-12-18-16)23-7-9-24-10-8-23/h1-6,11-12H,7-10H2,(H,20,22)(H,18,19,21). The maximum Gasteiger partial charge on any atom is 0.135 e. The highest BCUT2D eigenvalue weighted by Crippen LogP contribution is 2.22. The fourth-order valence-electron chi connectivity index (χ4n) is 2.68. The van der Waals surface area contributed by atoms with Crippen LogP contribution in [0.5, 0.6) is 0 Å². The van der Waals surface area contributed by atoms with Crippen molar-refractivity contribution in [2.45, 2.75) is 0 Å². The zero-order chi connectivity index (χ0) is 16.2. The lowest BCUT2D eigenvalue weighted by atomic mass is 10.1. The minimum atomic E-state index is 0.738. The number of nitrogens with one attached hydrogen (secondary N) is 2. The van der Waals surface area contributed by atoms with E-state index in [0.717, 1.165) is 54.9 Å². The third kappa shape index (κ3) is 3.21. The van der Waals surface area contributed by atoms with Gasteiger partial charge >= 0.3 is 0 Å². The van der Waals surface area contributed by atoms with Crippen LogP contribution in [-0.4, -0.2) is 46.5 Å². The molecule has 0 spiro atoms. The largest absolute Gasteiger partial charge is 0.378 e. The summed E-state index contributed by atoms with van der Waals surface area (Å²) in [5.74, 6) is 1.70. The summed E-state index contributed by atoms with van der Waals surface area (Å²) >= 11 is 0. The summed E-state index contributed by atoms with van der Waals surface area (Å²) in [6.45, 7) is 3.19. The maximum atomic E-state index is 5.38. The Hall–Kier alpha value is -2.93. The van der Waals surface area contributed by atoms with Crippen molar-refractivity contribution in [3.8, 4) is 11.3 Å². The van der Waals surface area contributed by atoms with Crippen LogP contribution in [0.3, 0.4) is 0 Å². The van der Waals surface area contributed by atoms with E-state index in [2.05, 4.69) is 30.4 Å². The minimum Gasteiger partial charge on any atom is -0.378 e. The Morgan fingerprint density at radius 2 is 1.88 bits per heavy atom. The first-order chi connectivity index (χ1) is 11.9. The summed E-state index contributed by atoms with van der Waals surface area (Å²) in [6.07, 6.45) is 3.33. The van der Waals surface area contributed by atoms with Crippen LogP contribution in [0.2, 0.25) is 0 Å². The average Bonchev–Trinajstić information content (AvgIpc) is 3.18. The van der Waals surface area contributed by atoms with Gasteiger partial charge in [0, 0.05) is 31.0 Å². The lowest BCUT2D eigenvalue weighted by Crippen LogP contribution is -2.36. The van der Waals surface area contributed by atoms with E-state index in [-0.39, 0.29) is 0 Å². The normalized spacial score (nSPS) is 14.6. The van der Waals surface area contributed by atoms with Crippen molar-refractivity contribution in [3.05, 3.63) is 48.9 Å². The summed E-state index contributed by atoms with van der Waals surface area (Å²) in [6, 6.07) is 12.0. The number of hydrogen-bond acceptors (Lipinski definition) is 6. The molecule has 2 aromatic heterocycles. The second-order valence-corrected chi connectivity index (χ2v) is 5.53. The first-order valence-corrected chi connectivity index (χ1v) is 7.90. The highest BCUT2D eigenvalue weighted by Gasteiger charge is 2.13. The van der Waals surface area contributed by atoms with E-state index >= 15 is 0 Å². The molecule has 2 N–H and O–H groups in total. The van der Waals surface area contributed by atoms with Gasteiger partial charge in [-0.15, -0.1) is 0 Å². The SMILES string of the molecule is c1cc(-c2ccc(Nc3cc(N4CCOCC4)ncn3)cc2)[nH]n1. The number of H-pyrrole nitrogens is 1. The van der Waals surface area contributed by atoms with Crippen molar-refractivity contribution < 1.29 is 4.74 Å². The quantitative estimate of drug-likeness (QED) is 0.768. The van der Waals surface area contributed by atoms with Gasteiger partial charge in [0.25, 0.3) is 0 Å². The number of rotatable bonds is 4. The zero-order valence-corrected chi connectivity index (χ0v) is 13.1. The number of benzene rings is 1. The molecule has 1 aromatic carbocycles. The van der Waals surface area contributed by atoms with Crippen LogP contribution in [0, 0.1) is 0 Å². The second kappa shape index (κ2) is 6.67. The Morgan fingerprint density at radius 1 is 1.04 bits per heavy atom. The van der Waals surface area contributed by atoms with Gasteiger partial charge in [-0.2, -0.15) is 5.10 Å². The molecular formula is C17H18N6O. The smallest absolute Gasteiger partial charge is 0.135 e. The summed E-state index contributed by atoms with van der Waals surface area (Å²) in [4.78, 5) is 10.9. The molecule has 1 aliphatic heterocycles. The summed E-state index contributed by atoms with van der Waals surface area (Å²) in [7, 11) is 0. The van der Waals surface area contributed by atoms with Crippen molar-refractivity contribution in [1.29, 1.82) is 0 Å². The van der Waals surface area contributed by atoms with Crippen molar-refractivity contribution in [2.24, 2.45) is 0 Å². The van der Waals surface area contributed by atoms with Gasteiger partial charge in [0.15, 0.2) is 0 Å². The van der Waals surface area contributed by atoms with E-state index in [1.54, 1.807) is 12.5 Å². The van der Waals surface area contributed by atoms with Crippen LogP contribution in [0.15, 0.2) is 48.9 Å². The van der Waals surface area contributed by atoms with Gasteiger partial charge in [0.05, 0.1) is 18.9 Å². The van der Waals surface area contributed by atoms with E-state index in [0.29, 0.717) is 0 Å². The molecule has 122 valence electrons. The number of ether oxygens (including phenoxy) is 1. The van der Waals surface area contributed by atoms with Crippen molar-refractivity contribution in [3.63, 3.8) is 0 Å². The number of morpholine rings is 1. The highest BCUT2D eigenvalue weighted by molar-refractivity contribution is 5.65. The highest BCUT2D eigenvalue weighted by atomic mass is 16.5. The van der Waals surface area contributed by atoms with Gasteiger partial charge in [0.2, 0.25) is 0 Å². The monoisotopic (exact) mass is 322 g/mol. The number of aromatic nitrogens is 4. The lowest BCUT2D eigenvalue weighted by Gasteiger charge is -2.27. The van der Waals surface area contributed by atoms with Crippen LogP contribution >= 0.6 is 0 Å². The predicted octanol–water partition coefficient (Wildman–Crippen LogP) is 2.45. The first-order valence-electron chi connectivity index (χ1n) is 7.90. The van der Waals surface area contributed by atoms with E-state index in [4.69, 9.17) is 4.74 Å².